The van der Waals surface area contributed by atoms with Crippen molar-refractivity contribution in [2.45, 2.75) is 22.6 Å². The molecule has 17 heavy (non-hydrogen) atoms. The van der Waals surface area contributed by atoms with Crippen LogP contribution >= 0.6 is 11.8 Å². The summed E-state index contributed by atoms with van der Waals surface area (Å²) in [6.45, 7) is 0. The Balaban J connectivity index is 1.81. The number of benzene rings is 1. The minimum Gasteiger partial charge on any atom is -0.323 e. The molecule has 0 saturated heterocycles. The molecule has 2 heterocycles. The summed E-state index contributed by atoms with van der Waals surface area (Å²) < 4.78 is 0. The van der Waals surface area contributed by atoms with Gasteiger partial charge in [-0.3, -0.25) is 0 Å². The van der Waals surface area contributed by atoms with E-state index < -0.39 is 0 Å². The SMILES string of the molecule is NC(c1cncnc1)C1Cc2ccccc2S1. The maximum absolute atomic E-state index is 6.28. The molecule has 0 aliphatic carbocycles. The highest BCUT2D eigenvalue weighted by Gasteiger charge is 2.28. The van der Waals surface area contributed by atoms with Crippen LogP contribution in [0.15, 0.2) is 47.9 Å². The standard InChI is InChI=1S/C13H13N3S/c14-13(10-6-15-8-16-7-10)12-5-9-3-1-2-4-11(9)17-12/h1-4,6-8,12-13H,5,14H2. The van der Waals surface area contributed by atoms with E-state index in [1.807, 2.05) is 11.8 Å². The molecule has 1 aromatic carbocycles. The maximum Gasteiger partial charge on any atom is 0.115 e. The Morgan fingerprint density at radius 2 is 2.00 bits per heavy atom. The largest absolute Gasteiger partial charge is 0.323 e. The van der Waals surface area contributed by atoms with Gasteiger partial charge in [-0.1, -0.05) is 18.2 Å². The van der Waals surface area contributed by atoms with E-state index in [4.69, 9.17) is 5.73 Å². The van der Waals surface area contributed by atoms with E-state index in [0.29, 0.717) is 5.25 Å². The molecule has 0 amide bonds. The molecule has 1 aromatic heterocycles. The van der Waals surface area contributed by atoms with Crippen molar-refractivity contribution >= 4 is 11.8 Å². The molecule has 3 nitrogen and oxygen atoms in total. The van der Waals surface area contributed by atoms with Crippen molar-refractivity contribution in [3.63, 3.8) is 0 Å². The molecule has 2 atom stereocenters. The number of aromatic nitrogens is 2. The van der Waals surface area contributed by atoms with E-state index in [9.17, 15) is 0 Å². The first kappa shape index (κ1) is 10.7. The van der Waals surface area contributed by atoms with Gasteiger partial charge in [0.25, 0.3) is 0 Å². The third-order valence-electron chi connectivity index (χ3n) is 3.04. The van der Waals surface area contributed by atoms with Crippen LogP contribution in [0, 0.1) is 0 Å². The molecule has 1 aliphatic rings. The van der Waals surface area contributed by atoms with Crippen LogP contribution in [0.5, 0.6) is 0 Å². The van der Waals surface area contributed by atoms with E-state index in [0.717, 1.165) is 12.0 Å². The Kier molecular flexibility index (Phi) is 2.82. The van der Waals surface area contributed by atoms with Crippen molar-refractivity contribution in [3.8, 4) is 0 Å². The molecular formula is C13H13N3S. The second-order valence-corrected chi connectivity index (χ2v) is 5.45. The third-order valence-corrected chi connectivity index (χ3v) is 4.45. The highest BCUT2D eigenvalue weighted by molar-refractivity contribution is 8.00. The zero-order valence-corrected chi connectivity index (χ0v) is 10.1. The smallest absolute Gasteiger partial charge is 0.115 e. The molecule has 0 saturated carbocycles. The maximum atomic E-state index is 6.28. The van der Waals surface area contributed by atoms with Gasteiger partial charge in [0.05, 0.1) is 0 Å². The second-order valence-electron chi connectivity index (χ2n) is 4.17. The molecule has 2 aromatic rings. The fourth-order valence-corrected chi connectivity index (χ4v) is 3.46. The number of hydrogen-bond acceptors (Lipinski definition) is 4. The number of fused-ring (bicyclic) bond motifs is 1. The molecule has 0 bridgehead atoms. The lowest BCUT2D eigenvalue weighted by Gasteiger charge is -2.17. The first-order valence-electron chi connectivity index (χ1n) is 5.59. The lowest BCUT2D eigenvalue weighted by atomic mass is 10.0. The van der Waals surface area contributed by atoms with Gasteiger partial charge < -0.3 is 5.73 Å². The van der Waals surface area contributed by atoms with Gasteiger partial charge in [0.2, 0.25) is 0 Å². The molecule has 3 rings (SSSR count). The van der Waals surface area contributed by atoms with Gasteiger partial charge in [-0.15, -0.1) is 11.8 Å². The predicted molar refractivity (Wildman–Crippen MR) is 68.8 cm³/mol. The molecule has 2 N–H and O–H groups in total. The fourth-order valence-electron chi connectivity index (χ4n) is 2.11. The average Bonchev–Trinajstić information content (AvgIpc) is 2.82. The topological polar surface area (TPSA) is 51.8 Å². The van der Waals surface area contributed by atoms with Gasteiger partial charge in [0, 0.05) is 34.1 Å². The zero-order chi connectivity index (χ0) is 11.7. The highest BCUT2D eigenvalue weighted by Crippen LogP contribution is 2.41. The van der Waals surface area contributed by atoms with Crippen LogP contribution in [0.1, 0.15) is 17.2 Å². The lowest BCUT2D eigenvalue weighted by Crippen LogP contribution is -2.23. The summed E-state index contributed by atoms with van der Waals surface area (Å²) >= 11 is 1.86. The van der Waals surface area contributed by atoms with E-state index >= 15 is 0 Å². The van der Waals surface area contributed by atoms with Crippen LogP contribution in [-0.2, 0) is 6.42 Å². The minimum atomic E-state index is -0.00593. The monoisotopic (exact) mass is 243 g/mol. The number of nitrogens with zero attached hydrogens (tertiary/aromatic N) is 2. The van der Waals surface area contributed by atoms with Crippen molar-refractivity contribution in [3.05, 3.63) is 54.1 Å². The van der Waals surface area contributed by atoms with Crippen molar-refractivity contribution in [1.29, 1.82) is 0 Å². The van der Waals surface area contributed by atoms with Crippen molar-refractivity contribution in [2.24, 2.45) is 5.73 Å². The average molecular weight is 243 g/mol. The normalized spacial score (nSPS) is 19.9. The van der Waals surface area contributed by atoms with E-state index in [-0.39, 0.29) is 6.04 Å². The van der Waals surface area contributed by atoms with Gasteiger partial charge in [0.1, 0.15) is 6.33 Å². The first-order valence-corrected chi connectivity index (χ1v) is 6.47. The predicted octanol–water partition coefficient (Wildman–Crippen LogP) is 2.19. The van der Waals surface area contributed by atoms with Gasteiger partial charge in [-0.25, -0.2) is 9.97 Å². The zero-order valence-electron chi connectivity index (χ0n) is 9.28. The Morgan fingerprint density at radius 1 is 1.24 bits per heavy atom. The van der Waals surface area contributed by atoms with Gasteiger partial charge in [-0.2, -0.15) is 0 Å². The van der Waals surface area contributed by atoms with Crippen LogP contribution in [0.25, 0.3) is 0 Å². The summed E-state index contributed by atoms with van der Waals surface area (Å²) in [7, 11) is 0. The van der Waals surface area contributed by atoms with Crippen molar-refractivity contribution in [1.82, 2.24) is 9.97 Å². The fraction of sp³-hybridized carbons (Fsp3) is 0.231. The molecule has 1 aliphatic heterocycles. The van der Waals surface area contributed by atoms with Crippen LogP contribution in [-0.4, -0.2) is 15.2 Å². The minimum absolute atomic E-state index is 0.00593. The number of nitrogens with two attached hydrogens (primary N) is 1. The molecular weight excluding hydrogens is 230 g/mol. The summed E-state index contributed by atoms with van der Waals surface area (Å²) in [4.78, 5) is 9.40. The quantitative estimate of drug-likeness (QED) is 0.878. The molecule has 0 spiro atoms. The van der Waals surface area contributed by atoms with Gasteiger partial charge >= 0.3 is 0 Å². The Morgan fingerprint density at radius 3 is 2.76 bits per heavy atom. The number of thioether (sulfide) groups is 1. The van der Waals surface area contributed by atoms with E-state index in [1.165, 1.54) is 16.8 Å². The highest BCUT2D eigenvalue weighted by atomic mass is 32.2. The molecule has 4 heteroatoms. The van der Waals surface area contributed by atoms with Gasteiger partial charge in [-0.05, 0) is 18.1 Å². The molecule has 0 fully saturated rings. The van der Waals surface area contributed by atoms with E-state index in [2.05, 4.69) is 34.2 Å². The van der Waals surface area contributed by atoms with Gasteiger partial charge in [0.15, 0.2) is 0 Å². The first-order chi connectivity index (χ1) is 8.34. The Hall–Kier alpha value is -1.39. The summed E-state index contributed by atoms with van der Waals surface area (Å²) in [5.74, 6) is 0. The summed E-state index contributed by atoms with van der Waals surface area (Å²) in [5.41, 5.74) is 8.69. The van der Waals surface area contributed by atoms with Crippen molar-refractivity contribution < 1.29 is 0 Å². The number of hydrogen-bond donors (Lipinski definition) is 1. The second kappa shape index (κ2) is 4.47. The molecule has 2 unspecified atom stereocenters. The van der Waals surface area contributed by atoms with Crippen LogP contribution in [0.3, 0.4) is 0 Å². The number of rotatable bonds is 2. The Labute approximate surface area is 104 Å². The van der Waals surface area contributed by atoms with Crippen LogP contribution in [0.2, 0.25) is 0 Å². The Bertz CT molecular complexity index is 490. The van der Waals surface area contributed by atoms with Crippen LogP contribution in [0.4, 0.5) is 0 Å². The lowest BCUT2D eigenvalue weighted by molar-refractivity contribution is 0.671. The van der Waals surface area contributed by atoms with E-state index in [1.54, 1.807) is 12.4 Å². The molecule has 86 valence electrons. The summed E-state index contributed by atoms with van der Waals surface area (Å²) in [6.07, 6.45) is 6.17. The molecule has 0 radical (unpaired) electrons. The van der Waals surface area contributed by atoms with Crippen LogP contribution < -0.4 is 5.73 Å². The third kappa shape index (κ3) is 2.06. The van der Waals surface area contributed by atoms with Crippen molar-refractivity contribution in [2.75, 3.05) is 0 Å². The summed E-state index contributed by atoms with van der Waals surface area (Å²) in [5, 5.41) is 0.387. The summed E-state index contributed by atoms with van der Waals surface area (Å²) in [6, 6.07) is 8.49.